The molecule has 1 aliphatic carbocycles. The largest absolute Gasteiger partial charge is 0.350 e. The fourth-order valence-corrected chi connectivity index (χ4v) is 3.66. The number of hydrogen-bond acceptors (Lipinski definition) is 4. The van der Waals surface area contributed by atoms with Gasteiger partial charge >= 0.3 is 0 Å². The van der Waals surface area contributed by atoms with Gasteiger partial charge in [0.2, 0.25) is 5.91 Å². The van der Waals surface area contributed by atoms with Gasteiger partial charge in [0.05, 0.1) is 5.88 Å². The lowest BCUT2D eigenvalue weighted by atomic mass is 10.1. The van der Waals surface area contributed by atoms with Crippen LogP contribution in [-0.4, -0.2) is 50.1 Å². The van der Waals surface area contributed by atoms with E-state index >= 15 is 0 Å². The molecule has 1 saturated carbocycles. The van der Waals surface area contributed by atoms with Crippen LogP contribution in [0.4, 0.5) is 0 Å². The molecule has 120 valence electrons. The normalized spacial score (nSPS) is 22.0. The van der Waals surface area contributed by atoms with Crippen molar-refractivity contribution in [1.29, 1.82) is 0 Å². The number of amides is 2. The second-order valence-electron chi connectivity index (χ2n) is 7.01. The van der Waals surface area contributed by atoms with Gasteiger partial charge in [-0.05, 0) is 39.7 Å². The molecule has 1 aromatic rings. The highest BCUT2D eigenvalue weighted by atomic mass is 32.2. The Balaban J connectivity index is 1.71. The van der Waals surface area contributed by atoms with E-state index in [1.165, 1.54) is 0 Å². The smallest absolute Gasteiger partial charge is 0.275 e. The average molecular weight is 322 g/mol. The summed E-state index contributed by atoms with van der Waals surface area (Å²) in [5.74, 6) is 1.44. The third-order valence-corrected chi connectivity index (χ3v) is 4.79. The minimum absolute atomic E-state index is 0.0937. The summed E-state index contributed by atoms with van der Waals surface area (Å²) in [6.45, 7) is 5.82. The maximum atomic E-state index is 12.6. The minimum Gasteiger partial charge on any atom is -0.350 e. The first kappa shape index (κ1) is 15.4. The molecule has 22 heavy (non-hydrogen) atoms. The highest BCUT2D eigenvalue weighted by molar-refractivity contribution is 7.99. The zero-order valence-electron chi connectivity index (χ0n) is 13.2. The van der Waals surface area contributed by atoms with E-state index in [1.807, 2.05) is 26.8 Å². The summed E-state index contributed by atoms with van der Waals surface area (Å²) >= 11 is 1.60. The first-order valence-electron chi connectivity index (χ1n) is 7.61. The maximum absolute atomic E-state index is 12.6. The minimum atomic E-state index is -0.419. The average Bonchev–Trinajstić information content (AvgIpc) is 2.99. The lowest BCUT2D eigenvalue weighted by Gasteiger charge is -2.27. The van der Waals surface area contributed by atoms with Crippen molar-refractivity contribution in [2.45, 2.75) is 51.1 Å². The molecule has 0 spiro atoms. The third-order valence-electron chi connectivity index (χ3n) is 3.78. The van der Waals surface area contributed by atoms with E-state index in [-0.39, 0.29) is 17.4 Å². The number of nitrogens with zero attached hydrogens (tertiary/aromatic N) is 2. The molecule has 1 saturated heterocycles. The number of aromatic nitrogens is 2. The zero-order valence-corrected chi connectivity index (χ0v) is 14.0. The van der Waals surface area contributed by atoms with E-state index in [9.17, 15) is 9.59 Å². The molecule has 2 aliphatic rings. The molecule has 7 heteroatoms. The van der Waals surface area contributed by atoms with Gasteiger partial charge in [0, 0.05) is 22.9 Å². The van der Waals surface area contributed by atoms with E-state index in [2.05, 4.69) is 15.5 Å². The summed E-state index contributed by atoms with van der Waals surface area (Å²) in [6.07, 6.45) is 2.32. The molecule has 6 nitrogen and oxygen atoms in total. The van der Waals surface area contributed by atoms with Gasteiger partial charge in [0.25, 0.3) is 5.91 Å². The number of hydrogen-bond donors (Lipinski definition) is 2. The summed E-state index contributed by atoms with van der Waals surface area (Å²) in [5.41, 5.74) is 1.15. The zero-order chi connectivity index (χ0) is 15.9. The van der Waals surface area contributed by atoms with Crippen LogP contribution in [0, 0.1) is 0 Å². The molecule has 0 bridgehead atoms. The van der Waals surface area contributed by atoms with E-state index in [4.69, 9.17) is 0 Å². The molecule has 2 fully saturated rings. The Kier molecular flexibility index (Phi) is 3.92. The predicted octanol–water partition coefficient (Wildman–Crippen LogP) is 1.72. The van der Waals surface area contributed by atoms with Crippen molar-refractivity contribution >= 4 is 23.6 Å². The molecule has 2 N–H and O–H groups in total. The Hall–Kier alpha value is -1.50. The lowest BCUT2D eigenvalue weighted by Crippen LogP contribution is -2.52. The van der Waals surface area contributed by atoms with Gasteiger partial charge in [-0.2, -0.15) is 5.10 Å². The number of rotatable bonds is 3. The standard InChI is InChI=1S/C15H22N4O2S/c1-15(2,3)16-13(20)12-7-22-8-19(12)14(21)11-6-10(17-18-11)9-4-5-9/h6,9,12H,4-5,7-8H2,1-3H3,(H,16,20)(H,17,18)/t12-/m0/s1. The first-order valence-corrected chi connectivity index (χ1v) is 8.76. The highest BCUT2D eigenvalue weighted by Crippen LogP contribution is 2.39. The summed E-state index contributed by atoms with van der Waals surface area (Å²) in [4.78, 5) is 26.6. The van der Waals surface area contributed by atoms with Crippen molar-refractivity contribution in [3.8, 4) is 0 Å². The fourth-order valence-electron chi connectivity index (χ4n) is 2.51. The van der Waals surface area contributed by atoms with E-state index in [0.717, 1.165) is 18.5 Å². The van der Waals surface area contributed by atoms with Crippen LogP contribution in [0.25, 0.3) is 0 Å². The van der Waals surface area contributed by atoms with Gasteiger partial charge < -0.3 is 10.2 Å². The number of H-pyrrole nitrogens is 1. The van der Waals surface area contributed by atoms with Gasteiger partial charge in [0.1, 0.15) is 11.7 Å². The van der Waals surface area contributed by atoms with Crippen molar-refractivity contribution < 1.29 is 9.59 Å². The first-order chi connectivity index (χ1) is 10.3. The van der Waals surface area contributed by atoms with Crippen LogP contribution < -0.4 is 5.32 Å². The molecular formula is C15H22N4O2S. The van der Waals surface area contributed by atoms with Crippen LogP contribution in [-0.2, 0) is 4.79 Å². The quantitative estimate of drug-likeness (QED) is 0.888. The molecular weight excluding hydrogens is 300 g/mol. The van der Waals surface area contributed by atoms with Crippen molar-refractivity contribution in [3.63, 3.8) is 0 Å². The molecule has 1 aromatic heterocycles. The Morgan fingerprint density at radius 3 is 2.77 bits per heavy atom. The number of aromatic amines is 1. The molecule has 2 heterocycles. The fraction of sp³-hybridized carbons (Fsp3) is 0.667. The van der Waals surface area contributed by atoms with Crippen LogP contribution in [0.3, 0.4) is 0 Å². The Labute approximate surface area is 134 Å². The summed E-state index contributed by atoms with van der Waals surface area (Å²) in [5, 5.41) is 10.0. The van der Waals surface area contributed by atoms with Gasteiger partial charge in [0.15, 0.2) is 0 Å². The van der Waals surface area contributed by atoms with Gasteiger partial charge in [-0.3, -0.25) is 14.7 Å². The summed E-state index contributed by atoms with van der Waals surface area (Å²) in [6, 6.07) is 1.42. The van der Waals surface area contributed by atoms with Crippen LogP contribution in [0.1, 0.15) is 55.7 Å². The SMILES string of the molecule is CC(C)(C)NC(=O)[C@@H]1CSCN1C(=O)c1cc(C2CC2)[nH]n1. The number of carbonyl (C=O) groups excluding carboxylic acids is 2. The Bertz CT molecular complexity index is 589. The van der Waals surface area contributed by atoms with Gasteiger partial charge in [-0.15, -0.1) is 11.8 Å². The second kappa shape index (κ2) is 5.61. The van der Waals surface area contributed by atoms with Crippen LogP contribution in [0.5, 0.6) is 0 Å². The molecule has 0 aromatic carbocycles. The van der Waals surface area contributed by atoms with Gasteiger partial charge in [-0.1, -0.05) is 0 Å². The third kappa shape index (κ3) is 3.29. The topological polar surface area (TPSA) is 78.1 Å². The molecule has 0 radical (unpaired) electrons. The molecule has 0 unspecified atom stereocenters. The molecule has 1 aliphatic heterocycles. The van der Waals surface area contributed by atoms with E-state index in [0.29, 0.717) is 23.2 Å². The number of nitrogens with one attached hydrogen (secondary N) is 2. The second-order valence-corrected chi connectivity index (χ2v) is 8.01. The van der Waals surface area contributed by atoms with E-state index < -0.39 is 6.04 Å². The van der Waals surface area contributed by atoms with Crippen LogP contribution in [0.2, 0.25) is 0 Å². The summed E-state index contributed by atoms with van der Waals surface area (Å²) < 4.78 is 0. The Morgan fingerprint density at radius 1 is 1.41 bits per heavy atom. The van der Waals surface area contributed by atoms with Crippen molar-refractivity contribution in [2.75, 3.05) is 11.6 Å². The van der Waals surface area contributed by atoms with E-state index in [1.54, 1.807) is 16.7 Å². The van der Waals surface area contributed by atoms with Crippen LogP contribution >= 0.6 is 11.8 Å². The number of carbonyl (C=O) groups is 2. The highest BCUT2D eigenvalue weighted by Gasteiger charge is 2.37. The number of thioether (sulfide) groups is 1. The van der Waals surface area contributed by atoms with Gasteiger partial charge in [-0.25, -0.2) is 0 Å². The van der Waals surface area contributed by atoms with Crippen molar-refractivity contribution in [3.05, 3.63) is 17.5 Å². The monoisotopic (exact) mass is 322 g/mol. The summed E-state index contributed by atoms with van der Waals surface area (Å²) in [7, 11) is 0. The molecule has 2 amide bonds. The van der Waals surface area contributed by atoms with Crippen LogP contribution in [0.15, 0.2) is 6.07 Å². The predicted molar refractivity (Wildman–Crippen MR) is 85.7 cm³/mol. The lowest BCUT2D eigenvalue weighted by molar-refractivity contribution is -0.125. The van der Waals surface area contributed by atoms with Crippen molar-refractivity contribution in [1.82, 2.24) is 20.4 Å². The molecule has 1 atom stereocenters. The molecule has 3 rings (SSSR count). The van der Waals surface area contributed by atoms with Crippen molar-refractivity contribution in [2.24, 2.45) is 0 Å². The Morgan fingerprint density at radius 2 is 2.14 bits per heavy atom. The maximum Gasteiger partial charge on any atom is 0.275 e.